The lowest BCUT2D eigenvalue weighted by Crippen LogP contribution is -2.51. The zero-order valence-corrected chi connectivity index (χ0v) is 13.4. The highest BCUT2D eigenvalue weighted by atomic mass is 19.4. The van der Waals surface area contributed by atoms with Crippen LogP contribution in [0.4, 0.5) is 22.4 Å². The van der Waals surface area contributed by atoms with Gasteiger partial charge in [-0.15, -0.1) is 0 Å². The van der Waals surface area contributed by atoms with Gasteiger partial charge in [0.2, 0.25) is 5.91 Å². The van der Waals surface area contributed by atoms with Gasteiger partial charge in [-0.05, 0) is 37.0 Å². The summed E-state index contributed by atoms with van der Waals surface area (Å²) in [6, 6.07) is 4.45. The molecule has 2 N–H and O–H groups in total. The first-order valence-corrected chi connectivity index (χ1v) is 7.89. The molecule has 1 aliphatic rings. The minimum absolute atomic E-state index is 0.276. The maximum Gasteiger partial charge on any atom is 0.405 e. The number of likely N-dealkylation sites (tertiary alicyclic amines) is 1. The Hall–Kier alpha value is -2.32. The van der Waals surface area contributed by atoms with Crippen LogP contribution in [0, 0.1) is 5.82 Å². The zero-order valence-electron chi connectivity index (χ0n) is 13.4. The topological polar surface area (TPSA) is 61.4 Å². The van der Waals surface area contributed by atoms with Crippen molar-refractivity contribution in [3.63, 3.8) is 0 Å². The Morgan fingerprint density at radius 3 is 2.48 bits per heavy atom. The molecule has 1 heterocycles. The van der Waals surface area contributed by atoms with Crippen molar-refractivity contribution in [3.8, 4) is 0 Å². The molecule has 1 atom stereocenters. The van der Waals surface area contributed by atoms with Gasteiger partial charge in [0, 0.05) is 13.1 Å². The quantitative estimate of drug-likeness (QED) is 0.790. The van der Waals surface area contributed by atoms with Crippen LogP contribution in [0.2, 0.25) is 0 Å². The molecule has 0 aromatic heterocycles. The van der Waals surface area contributed by atoms with Gasteiger partial charge >= 0.3 is 12.2 Å². The van der Waals surface area contributed by atoms with Crippen LogP contribution in [0.5, 0.6) is 0 Å². The zero-order chi connectivity index (χ0) is 18.4. The fraction of sp³-hybridized carbons (Fsp3) is 0.500. The van der Waals surface area contributed by atoms with Crippen LogP contribution in [0.1, 0.15) is 18.4 Å². The molecule has 0 unspecified atom stereocenters. The van der Waals surface area contributed by atoms with Crippen molar-refractivity contribution in [2.45, 2.75) is 31.5 Å². The maximum atomic E-state index is 12.8. The number of carbonyl (C=O) groups excluding carboxylic acids is 2. The average Bonchev–Trinajstić information content (AvgIpc) is 3.03. The van der Waals surface area contributed by atoms with E-state index in [9.17, 15) is 27.2 Å². The summed E-state index contributed by atoms with van der Waals surface area (Å²) in [5, 5.41) is 4.45. The van der Waals surface area contributed by atoms with Crippen molar-refractivity contribution in [2.24, 2.45) is 0 Å². The molecule has 0 radical (unpaired) electrons. The van der Waals surface area contributed by atoms with Gasteiger partial charge in [0.15, 0.2) is 0 Å². The van der Waals surface area contributed by atoms with Crippen LogP contribution in [0.15, 0.2) is 24.3 Å². The van der Waals surface area contributed by atoms with Crippen LogP contribution >= 0.6 is 0 Å². The number of benzene rings is 1. The summed E-state index contributed by atoms with van der Waals surface area (Å²) in [5.74, 6) is -1.15. The lowest BCUT2D eigenvalue weighted by Gasteiger charge is -2.24. The maximum absolute atomic E-state index is 12.8. The minimum atomic E-state index is -4.49. The molecule has 1 fully saturated rings. The molecule has 9 heteroatoms. The normalized spacial score (nSPS) is 17.4. The first-order valence-electron chi connectivity index (χ1n) is 7.89. The van der Waals surface area contributed by atoms with E-state index in [1.165, 1.54) is 17.0 Å². The largest absolute Gasteiger partial charge is 0.405 e. The van der Waals surface area contributed by atoms with E-state index in [2.05, 4.69) is 5.32 Å². The average molecular weight is 361 g/mol. The molecule has 3 amide bonds. The van der Waals surface area contributed by atoms with Gasteiger partial charge in [0.25, 0.3) is 0 Å². The highest BCUT2D eigenvalue weighted by Gasteiger charge is 2.36. The summed E-state index contributed by atoms with van der Waals surface area (Å²) in [4.78, 5) is 25.3. The van der Waals surface area contributed by atoms with Gasteiger partial charge in [-0.3, -0.25) is 4.79 Å². The molecule has 5 nitrogen and oxygen atoms in total. The fourth-order valence-electron chi connectivity index (χ4n) is 2.65. The monoisotopic (exact) mass is 361 g/mol. The summed E-state index contributed by atoms with van der Waals surface area (Å²) in [6.07, 6.45) is -3.13. The fourth-order valence-corrected chi connectivity index (χ4v) is 2.65. The van der Waals surface area contributed by atoms with Gasteiger partial charge in [-0.25, -0.2) is 9.18 Å². The SMILES string of the molecule is O=C(NCC(F)(F)F)[C@H]1CCCN1C(=O)NCCc1ccc(F)cc1. The Morgan fingerprint density at radius 1 is 1.16 bits per heavy atom. The molecule has 138 valence electrons. The molecule has 0 bridgehead atoms. The highest BCUT2D eigenvalue weighted by Crippen LogP contribution is 2.18. The molecule has 0 spiro atoms. The number of nitrogens with one attached hydrogen (secondary N) is 2. The summed E-state index contributed by atoms with van der Waals surface area (Å²) in [6.45, 7) is -0.827. The predicted molar refractivity (Wildman–Crippen MR) is 82.3 cm³/mol. The third-order valence-electron chi connectivity index (χ3n) is 3.88. The summed E-state index contributed by atoms with van der Waals surface area (Å²) in [5.41, 5.74) is 0.836. The minimum Gasteiger partial charge on any atom is -0.345 e. The second kappa shape index (κ2) is 8.17. The van der Waals surface area contributed by atoms with Gasteiger partial charge in [-0.2, -0.15) is 13.2 Å². The van der Waals surface area contributed by atoms with Crippen molar-refractivity contribution in [1.82, 2.24) is 15.5 Å². The van der Waals surface area contributed by atoms with Crippen LogP contribution in [-0.2, 0) is 11.2 Å². The van der Waals surface area contributed by atoms with Crippen LogP contribution in [0.3, 0.4) is 0 Å². The molecular weight excluding hydrogens is 342 g/mol. The van der Waals surface area contributed by atoms with E-state index in [-0.39, 0.29) is 12.4 Å². The third-order valence-corrected chi connectivity index (χ3v) is 3.88. The van der Waals surface area contributed by atoms with Gasteiger partial charge in [-0.1, -0.05) is 12.1 Å². The number of amides is 3. The second-order valence-corrected chi connectivity index (χ2v) is 5.79. The molecule has 2 rings (SSSR count). The van der Waals surface area contributed by atoms with E-state index >= 15 is 0 Å². The van der Waals surface area contributed by atoms with Crippen LogP contribution < -0.4 is 10.6 Å². The van der Waals surface area contributed by atoms with Crippen molar-refractivity contribution in [2.75, 3.05) is 19.6 Å². The predicted octanol–water partition coefficient (Wildman–Crippen LogP) is 2.22. The number of nitrogens with zero attached hydrogens (tertiary/aromatic N) is 1. The van der Waals surface area contributed by atoms with Crippen molar-refractivity contribution >= 4 is 11.9 Å². The molecule has 1 aliphatic heterocycles. The van der Waals surface area contributed by atoms with Crippen molar-refractivity contribution in [3.05, 3.63) is 35.6 Å². The molecular formula is C16H19F4N3O2. The van der Waals surface area contributed by atoms with Crippen molar-refractivity contribution < 1.29 is 27.2 Å². The molecule has 0 aliphatic carbocycles. The number of urea groups is 1. The number of hydrogen-bond acceptors (Lipinski definition) is 2. The molecule has 1 aromatic carbocycles. The Morgan fingerprint density at radius 2 is 1.84 bits per heavy atom. The lowest BCUT2D eigenvalue weighted by molar-refractivity contribution is -0.140. The standard InChI is InChI=1S/C16H19F4N3O2/c17-12-5-3-11(4-6-12)7-8-21-15(25)23-9-1-2-13(23)14(24)22-10-16(18,19)20/h3-6,13H,1-2,7-10H2,(H,21,25)(H,22,24)/t13-/m1/s1. The van der Waals surface area contributed by atoms with E-state index in [1.54, 1.807) is 12.1 Å². The number of rotatable bonds is 5. The Balaban J connectivity index is 1.81. The number of hydrogen-bond donors (Lipinski definition) is 2. The lowest BCUT2D eigenvalue weighted by atomic mass is 10.1. The number of carbonyl (C=O) groups is 2. The Kier molecular flexibility index (Phi) is 6.22. The smallest absolute Gasteiger partial charge is 0.345 e. The van der Waals surface area contributed by atoms with Crippen molar-refractivity contribution in [1.29, 1.82) is 0 Å². The molecule has 1 saturated heterocycles. The molecule has 1 aromatic rings. The highest BCUT2D eigenvalue weighted by molar-refractivity contribution is 5.87. The van der Waals surface area contributed by atoms with E-state index in [0.717, 1.165) is 5.56 Å². The van der Waals surface area contributed by atoms with Gasteiger partial charge in [0.05, 0.1) is 0 Å². The number of alkyl halides is 3. The van der Waals surface area contributed by atoms with Gasteiger partial charge in [0.1, 0.15) is 18.4 Å². The Labute approximate surface area is 142 Å². The molecule has 25 heavy (non-hydrogen) atoms. The molecule has 0 saturated carbocycles. The summed E-state index contributed by atoms with van der Waals surface area (Å²) in [7, 11) is 0. The Bertz CT molecular complexity index is 604. The van der Waals surface area contributed by atoms with E-state index in [4.69, 9.17) is 0 Å². The first kappa shape index (κ1) is 19.0. The second-order valence-electron chi connectivity index (χ2n) is 5.79. The van der Waals surface area contributed by atoms with E-state index in [0.29, 0.717) is 25.8 Å². The van der Waals surface area contributed by atoms with Crippen LogP contribution in [-0.4, -0.2) is 48.7 Å². The van der Waals surface area contributed by atoms with E-state index < -0.39 is 30.7 Å². The number of halogens is 4. The van der Waals surface area contributed by atoms with E-state index in [1.807, 2.05) is 5.32 Å². The first-order chi connectivity index (χ1) is 11.8. The summed E-state index contributed by atoms with van der Waals surface area (Å²) >= 11 is 0. The van der Waals surface area contributed by atoms with Gasteiger partial charge < -0.3 is 15.5 Å². The summed E-state index contributed by atoms with van der Waals surface area (Å²) < 4.78 is 49.4. The van der Waals surface area contributed by atoms with Crippen LogP contribution in [0.25, 0.3) is 0 Å². The third kappa shape index (κ3) is 5.91.